The van der Waals surface area contributed by atoms with E-state index >= 15 is 10.2 Å². The number of nitrogens with one attached hydrogen (secondary N) is 2. The van der Waals surface area contributed by atoms with Crippen molar-refractivity contribution in [1.82, 2.24) is 0 Å². The molecule has 1 aliphatic rings. The summed E-state index contributed by atoms with van der Waals surface area (Å²) in [6, 6.07) is 29.4. The second kappa shape index (κ2) is 24.4. The van der Waals surface area contributed by atoms with Gasteiger partial charge in [0.25, 0.3) is 0 Å². The van der Waals surface area contributed by atoms with Gasteiger partial charge in [-0.2, -0.15) is 0 Å². The fourth-order valence-corrected chi connectivity index (χ4v) is 11.0. The molecule has 0 radical (unpaired) electrons. The topological polar surface area (TPSA) is 111 Å². The Hall–Kier alpha value is -5.18. The zero-order valence-electron chi connectivity index (χ0n) is 42.1. The van der Waals surface area contributed by atoms with Crippen molar-refractivity contribution in [2.75, 3.05) is 46.6 Å². The zero-order valence-corrected chi connectivity index (χ0v) is 42.1. The summed E-state index contributed by atoms with van der Waals surface area (Å²) in [5.74, 6) is -2.39. The van der Waals surface area contributed by atoms with Gasteiger partial charge in [-0.15, -0.1) is 12.2 Å². The molecule has 8 nitrogen and oxygen atoms in total. The maximum atomic E-state index is 15.5. The number of anilines is 4. The lowest BCUT2D eigenvalue weighted by molar-refractivity contribution is -0.535. The van der Waals surface area contributed by atoms with Crippen LogP contribution >= 0.6 is 0 Å². The number of fused-ring (bicyclic) bond motifs is 4. The number of hydrogen-bond donors (Lipinski definition) is 2. The predicted molar refractivity (Wildman–Crippen MR) is 286 cm³/mol. The highest BCUT2D eigenvalue weighted by atomic mass is 16.3. The summed E-state index contributed by atoms with van der Waals surface area (Å²) in [6.45, 7) is 15.5. The molecular formula is C60H78N4O4-2. The lowest BCUT2D eigenvalue weighted by Gasteiger charge is -2.62. The first-order valence-electron chi connectivity index (χ1n) is 26.4. The standard InChI is InChI=1S/C60H78N4O4/c1-7-11-15-23-31-63(32-24-16-12-8-2)53-39-51(61-41(5)65)55(49-37-45-29-21-19-27-43(45)35-47(49)53)57-59(67)58(60(57)68)56-50-38-46-30-22-20-28-44(46)36-48(50)54(40-52(56)62-42(6)66)64(33-25-17-13-9-3)34-26-18-14-10-4/h19-22,27-30,35-40,57-60H,7-18,23-26,31-34H2,1-6H3,(H,61,65)(H,62,66)/q-2. The normalized spacial score (nSPS) is 16.9. The molecule has 0 saturated heterocycles. The molecule has 1 aliphatic carbocycles. The van der Waals surface area contributed by atoms with Crippen molar-refractivity contribution in [3.05, 3.63) is 96.1 Å². The summed E-state index contributed by atoms with van der Waals surface area (Å²) < 4.78 is 0. The van der Waals surface area contributed by atoms with Gasteiger partial charge in [-0.25, -0.2) is 0 Å². The molecule has 0 unspecified atom stereocenters. The molecule has 0 aliphatic heterocycles. The number of amides is 2. The van der Waals surface area contributed by atoms with Crippen LogP contribution in [0.3, 0.4) is 0 Å². The minimum absolute atomic E-state index is 0.245. The van der Waals surface area contributed by atoms with Crippen LogP contribution in [-0.4, -0.2) is 50.2 Å². The van der Waals surface area contributed by atoms with Gasteiger partial charge in [0, 0.05) is 73.5 Å². The summed E-state index contributed by atoms with van der Waals surface area (Å²) >= 11 is 0. The monoisotopic (exact) mass is 919 g/mol. The number of carbonyl (C=O) groups is 2. The SMILES string of the molecule is CCCCCCN(CCCCCC)c1cc(NC(C)=O)c(C2C([O-])C(c3c(NC(C)=O)cc(N(CCCCCC)CCCCCC)c4cc5ccccc5cc34)C2[O-])c2cc3ccccc3cc12. The molecule has 0 spiro atoms. The Morgan fingerprint density at radius 2 is 0.735 bits per heavy atom. The molecule has 7 rings (SSSR count). The van der Waals surface area contributed by atoms with E-state index in [1.807, 2.05) is 12.1 Å². The molecule has 0 bridgehead atoms. The zero-order chi connectivity index (χ0) is 48.2. The summed E-state index contributed by atoms with van der Waals surface area (Å²) in [5.41, 5.74) is 4.39. The summed E-state index contributed by atoms with van der Waals surface area (Å²) in [5, 5.41) is 45.3. The van der Waals surface area contributed by atoms with Crippen LogP contribution in [0, 0.1) is 0 Å². The maximum absolute atomic E-state index is 15.5. The Kier molecular flexibility index (Phi) is 18.2. The van der Waals surface area contributed by atoms with E-state index in [4.69, 9.17) is 0 Å². The number of carbonyl (C=O) groups excluding carboxylic acids is 2. The third kappa shape index (κ3) is 11.6. The van der Waals surface area contributed by atoms with Gasteiger partial charge < -0.3 is 30.6 Å². The van der Waals surface area contributed by atoms with Gasteiger partial charge in [-0.1, -0.05) is 153 Å². The van der Waals surface area contributed by atoms with Crippen molar-refractivity contribution < 1.29 is 19.8 Å². The van der Waals surface area contributed by atoms with E-state index in [-0.39, 0.29) is 11.8 Å². The molecule has 364 valence electrons. The second-order valence-electron chi connectivity index (χ2n) is 19.8. The van der Waals surface area contributed by atoms with E-state index in [0.29, 0.717) is 22.5 Å². The summed E-state index contributed by atoms with van der Waals surface area (Å²) in [6.07, 6.45) is 15.4. The minimum atomic E-state index is -1.35. The maximum Gasteiger partial charge on any atom is 0.221 e. The quantitative estimate of drug-likeness (QED) is 0.0414. The molecule has 2 amide bonds. The average Bonchev–Trinajstić information content (AvgIpc) is 3.33. The molecule has 0 aromatic heterocycles. The third-order valence-corrected chi connectivity index (χ3v) is 14.6. The van der Waals surface area contributed by atoms with E-state index in [2.05, 4.69) is 121 Å². The van der Waals surface area contributed by atoms with Crippen LogP contribution in [0.2, 0.25) is 0 Å². The first-order valence-corrected chi connectivity index (χ1v) is 26.4. The number of benzene rings is 6. The van der Waals surface area contributed by atoms with E-state index in [0.717, 1.165) is 158 Å². The van der Waals surface area contributed by atoms with Crippen molar-refractivity contribution in [3.63, 3.8) is 0 Å². The Morgan fingerprint density at radius 1 is 0.441 bits per heavy atom. The van der Waals surface area contributed by atoms with Gasteiger partial charge in [-0.05, 0) is 117 Å². The van der Waals surface area contributed by atoms with Gasteiger partial charge in [0.05, 0.1) is 0 Å². The highest BCUT2D eigenvalue weighted by Crippen LogP contribution is 2.55. The Labute approximate surface area is 406 Å². The first-order chi connectivity index (χ1) is 33.1. The van der Waals surface area contributed by atoms with Crippen molar-refractivity contribution in [3.8, 4) is 0 Å². The van der Waals surface area contributed by atoms with Crippen molar-refractivity contribution in [1.29, 1.82) is 0 Å². The number of hydrogen-bond acceptors (Lipinski definition) is 6. The van der Waals surface area contributed by atoms with E-state index in [1.54, 1.807) is 0 Å². The van der Waals surface area contributed by atoms with Gasteiger partial charge in [0.2, 0.25) is 11.8 Å². The molecule has 68 heavy (non-hydrogen) atoms. The van der Waals surface area contributed by atoms with Crippen LogP contribution in [0.25, 0.3) is 43.1 Å². The molecule has 1 saturated carbocycles. The largest absolute Gasteiger partial charge is 0.851 e. The van der Waals surface area contributed by atoms with E-state index in [1.165, 1.54) is 39.5 Å². The second-order valence-corrected chi connectivity index (χ2v) is 19.8. The average molecular weight is 919 g/mol. The lowest BCUT2D eigenvalue weighted by atomic mass is 9.61. The third-order valence-electron chi connectivity index (χ3n) is 14.6. The number of unbranched alkanes of at least 4 members (excludes halogenated alkanes) is 12. The molecule has 0 atom stereocenters. The van der Waals surface area contributed by atoms with Crippen LogP contribution in [0.4, 0.5) is 22.7 Å². The van der Waals surface area contributed by atoms with Crippen LogP contribution in [0.1, 0.15) is 167 Å². The number of nitrogens with zero attached hydrogens (tertiary/aromatic N) is 2. The molecule has 8 heteroatoms. The van der Waals surface area contributed by atoms with Gasteiger partial charge in [0.15, 0.2) is 0 Å². The van der Waals surface area contributed by atoms with Gasteiger partial charge in [0.1, 0.15) is 0 Å². The molecule has 1 fully saturated rings. The van der Waals surface area contributed by atoms with Gasteiger partial charge >= 0.3 is 0 Å². The first kappa shape index (κ1) is 50.7. The van der Waals surface area contributed by atoms with Crippen molar-refractivity contribution in [2.45, 2.75) is 168 Å². The fraction of sp³-hybridized carbons (Fsp3) is 0.500. The van der Waals surface area contributed by atoms with E-state index in [9.17, 15) is 9.59 Å². The van der Waals surface area contributed by atoms with Crippen LogP contribution in [0.5, 0.6) is 0 Å². The lowest BCUT2D eigenvalue weighted by Crippen LogP contribution is -2.64. The molecule has 6 aromatic carbocycles. The van der Waals surface area contributed by atoms with Crippen LogP contribution in [-0.2, 0) is 9.59 Å². The minimum Gasteiger partial charge on any atom is -0.851 e. The van der Waals surface area contributed by atoms with Crippen molar-refractivity contribution >= 4 is 77.7 Å². The fourth-order valence-electron chi connectivity index (χ4n) is 11.0. The highest BCUT2D eigenvalue weighted by molar-refractivity contribution is 6.11. The smallest absolute Gasteiger partial charge is 0.221 e. The predicted octanol–water partition coefficient (Wildman–Crippen LogP) is 13.5. The summed E-state index contributed by atoms with van der Waals surface area (Å²) in [7, 11) is 0. The number of rotatable bonds is 26. The van der Waals surface area contributed by atoms with Gasteiger partial charge in [-0.3, -0.25) is 9.59 Å². The Balaban J connectivity index is 1.40. The van der Waals surface area contributed by atoms with Crippen LogP contribution < -0.4 is 30.6 Å². The van der Waals surface area contributed by atoms with Crippen molar-refractivity contribution in [2.24, 2.45) is 0 Å². The molecule has 0 heterocycles. The summed E-state index contributed by atoms with van der Waals surface area (Å²) in [4.78, 5) is 31.4. The highest BCUT2D eigenvalue weighted by Gasteiger charge is 2.43. The molecule has 6 aromatic rings. The molecule has 2 N–H and O–H groups in total. The Bertz CT molecular complexity index is 2430. The van der Waals surface area contributed by atoms with Crippen LogP contribution in [0.15, 0.2) is 84.9 Å². The molecular weight excluding hydrogens is 841 g/mol. The Morgan fingerprint density at radius 3 is 1.01 bits per heavy atom. The van der Waals surface area contributed by atoms with E-state index < -0.39 is 24.0 Å².